The number of carbonyl (C=O) groups excluding carboxylic acids is 2. The molecule has 8 nitrogen and oxygen atoms in total. The molecule has 0 saturated carbocycles. The van der Waals surface area contributed by atoms with Crippen molar-refractivity contribution in [2.75, 3.05) is 11.9 Å². The Kier molecular flexibility index (Phi) is 7.35. The molecule has 0 spiro atoms. The second kappa shape index (κ2) is 9.53. The van der Waals surface area contributed by atoms with Crippen LogP contribution in [0.5, 0.6) is 5.75 Å². The largest absolute Gasteiger partial charge is 0.493 e. The third-order valence-electron chi connectivity index (χ3n) is 4.12. The van der Waals surface area contributed by atoms with Gasteiger partial charge >= 0.3 is 0 Å². The number of primary sulfonamides is 1. The lowest BCUT2D eigenvalue weighted by atomic mass is 10.0. The van der Waals surface area contributed by atoms with Crippen LogP contribution in [-0.2, 0) is 14.8 Å². The number of benzene rings is 2. The number of ether oxygens (including phenoxy) is 1. The van der Waals surface area contributed by atoms with E-state index in [0.717, 1.165) is 0 Å². The molecular weight excluding hydrogens is 394 g/mol. The van der Waals surface area contributed by atoms with E-state index in [1.165, 1.54) is 24.3 Å². The van der Waals surface area contributed by atoms with Crippen LogP contribution in [0.25, 0.3) is 0 Å². The number of anilines is 1. The van der Waals surface area contributed by atoms with Crippen LogP contribution in [0.15, 0.2) is 53.4 Å². The maximum atomic E-state index is 12.7. The molecule has 0 heterocycles. The molecule has 0 unspecified atom stereocenters. The molecule has 2 aromatic rings. The summed E-state index contributed by atoms with van der Waals surface area (Å²) in [6.45, 7) is 5.85. The predicted molar refractivity (Wildman–Crippen MR) is 110 cm³/mol. The smallest absolute Gasteiger partial charge is 0.255 e. The maximum Gasteiger partial charge on any atom is 0.255 e. The molecule has 0 radical (unpaired) electrons. The van der Waals surface area contributed by atoms with E-state index >= 15 is 0 Å². The van der Waals surface area contributed by atoms with Crippen molar-refractivity contribution in [1.82, 2.24) is 5.32 Å². The minimum atomic E-state index is -3.81. The molecule has 0 saturated heterocycles. The molecule has 156 valence electrons. The number of carbonyl (C=O) groups is 2. The lowest BCUT2D eigenvalue weighted by Crippen LogP contribution is -2.47. The van der Waals surface area contributed by atoms with E-state index in [4.69, 9.17) is 9.88 Å². The first-order valence-electron chi connectivity index (χ1n) is 9.10. The average molecular weight is 420 g/mol. The summed E-state index contributed by atoms with van der Waals surface area (Å²) >= 11 is 0. The Bertz CT molecular complexity index is 972. The monoisotopic (exact) mass is 419 g/mol. The minimum Gasteiger partial charge on any atom is -0.493 e. The van der Waals surface area contributed by atoms with E-state index in [0.29, 0.717) is 23.6 Å². The van der Waals surface area contributed by atoms with Crippen molar-refractivity contribution in [3.63, 3.8) is 0 Å². The molecule has 0 aliphatic heterocycles. The lowest BCUT2D eigenvalue weighted by molar-refractivity contribution is -0.118. The highest BCUT2D eigenvalue weighted by Crippen LogP contribution is 2.19. The van der Waals surface area contributed by atoms with Crippen molar-refractivity contribution in [3.8, 4) is 5.75 Å². The molecule has 0 aromatic heterocycles. The van der Waals surface area contributed by atoms with E-state index in [-0.39, 0.29) is 10.8 Å². The Balaban J connectivity index is 2.15. The Hall–Kier alpha value is -2.91. The predicted octanol–water partition coefficient (Wildman–Crippen LogP) is 2.13. The van der Waals surface area contributed by atoms with Crippen molar-refractivity contribution in [1.29, 1.82) is 0 Å². The maximum absolute atomic E-state index is 12.7. The Morgan fingerprint density at radius 2 is 1.69 bits per heavy atom. The number of nitrogens with two attached hydrogens (primary N) is 1. The highest BCUT2D eigenvalue weighted by molar-refractivity contribution is 7.89. The standard InChI is InChI=1S/C20H25N3O5S/c1-4-28-17-8-6-5-7-16(17)19(24)23-18(13(2)3)20(25)22-14-9-11-15(12-10-14)29(21,26)27/h5-13,18H,4H2,1-3H3,(H,22,25)(H,23,24)(H2,21,26,27)/t18-/m0/s1. The SMILES string of the molecule is CCOc1ccccc1C(=O)N[C@H](C(=O)Nc1ccc(S(N)(=O)=O)cc1)C(C)C. The van der Waals surface area contributed by atoms with E-state index in [9.17, 15) is 18.0 Å². The summed E-state index contributed by atoms with van der Waals surface area (Å²) in [7, 11) is -3.81. The van der Waals surface area contributed by atoms with Crippen LogP contribution in [0.4, 0.5) is 5.69 Å². The lowest BCUT2D eigenvalue weighted by Gasteiger charge is -2.22. The zero-order chi connectivity index (χ0) is 21.6. The normalized spacial score (nSPS) is 12.3. The Labute approximate surface area is 170 Å². The van der Waals surface area contributed by atoms with Gasteiger partial charge in [-0.15, -0.1) is 0 Å². The van der Waals surface area contributed by atoms with Gasteiger partial charge in [-0.1, -0.05) is 26.0 Å². The molecule has 0 aliphatic carbocycles. The fourth-order valence-corrected chi connectivity index (χ4v) is 3.15. The number of hydrogen-bond donors (Lipinski definition) is 3. The summed E-state index contributed by atoms with van der Waals surface area (Å²) in [5.74, 6) is -0.603. The summed E-state index contributed by atoms with van der Waals surface area (Å²) in [5.41, 5.74) is 0.724. The van der Waals surface area contributed by atoms with Gasteiger partial charge in [-0.05, 0) is 49.2 Å². The summed E-state index contributed by atoms with van der Waals surface area (Å²) in [5, 5.41) is 10.5. The second-order valence-corrected chi connectivity index (χ2v) is 8.24. The highest BCUT2D eigenvalue weighted by atomic mass is 32.2. The molecule has 2 aromatic carbocycles. The van der Waals surface area contributed by atoms with Gasteiger partial charge in [0.1, 0.15) is 11.8 Å². The van der Waals surface area contributed by atoms with Gasteiger partial charge in [-0.3, -0.25) is 9.59 Å². The van der Waals surface area contributed by atoms with E-state index in [1.54, 1.807) is 24.3 Å². The van der Waals surface area contributed by atoms with Crippen LogP contribution in [0.1, 0.15) is 31.1 Å². The van der Waals surface area contributed by atoms with Gasteiger partial charge in [-0.2, -0.15) is 0 Å². The van der Waals surface area contributed by atoms with Gasteiger partial charge in [0.05, 0.1) is 17.1 Å². The van der Waals surface area contributed by atoms with Crippen LogP contribution in [0.3, 0.4) is 0 Å². The summed E-state index contributed by atoms with van der Waals surface area (Å²) < 4.78 is 28.1. The summed E-state index contributed by atoms with van der Waals surface area (Å²) in [6, 6.07) is 11.4. The van der Waals surface area contributed by atoms with E-state index in [2.05, 4.69) is 10.6 Å². The fraction of sp³-hybridized carbons (Fsp3) is 0.300. The third-order valence-corrected chi connectivity index (χ3v) is 5.05. The Morgan fingerprint density at radius 3 is 2.24 bits per heavy atom. The molecule has 2 rings (SSSR count). The first kappa shape index (κ1) is 22.4. The highest BCUT2D eigenvalue weighted by Gasteiger charge is 2.26. The van der Waals surface area contributed by atoms with E-state index < -0.39 is 27.9 Å². The molecule has 0 fully saturated rings. The van der Waals surface area contributed by atoms with Crippen LogP contribution in [0, 0.1) is 5.92 Å². The number of hydrogen-bond acceptors (Lipinski definition) is 5. The number of para-hydroxylation sites is 1. The van der Waals surface area contributed by atoms with Crippen LogP contribution in [0.2, 0.25) is 0 Å². The Morgan fingerprint density at radius 1 is 1.07 bits per heavy atom. The van der Waals surface area contributed by atoms with Crippen molar-refractivity contribution in [3.05, 3.63) is 54.1 Å². The average Bonchev–Trinajstić information content (AvgIpc) is 2.66. The van der Waals surface area contributed by atoms with Crippen molar-refractivity contribution >= 4 is 27.5 Å². The number of rotatable bonds is 8. The van der Waals surface area contributed by atoms with Crippen molar-refractivity contribution in [2.45, 2.75) is 31.7 Å². The molecule has 9 heteroatoms. The van der Waals surface area contributed by atoms with Gasteiger partial charge < -0.3 is 15.4 Å². The molecule has 4 N–H and O–H groups in total. The van der Waals surface area contributed by atoms with Gasteiger partial charge in [0.2, 0.25) is 15.9 Å². The zero-order valence-electron chi connectivity index (χ0n) is 16.5. The molecular formula is C20H25N3O5S. The van der Waals surface area contributed by atoms with Crippen molar-refractivity contribution < 1.29 is 22.7 Å². The molecule has 0 bridgehead atoms. The van der Waals surface area contributed by atoms with Crippen LogP contribution < -0.4 is 20.5 Å². The van der Waals surface area contributed by atoms with Gasteiger partial charge in [-0.25, -0.2) is 13.6 Å². The molecule has 0 aliphatic rings. The summed E-state index contributed by atoms with van der Waals surface area (Å²) in [4.78, 5) is 25.4. The molecule has 29 heavy (non-hydrogen) atoms. The number of amides is 2. The topological polar surface area (TPSA) is 128 Å². The quantitative estimate of drug-likeness (QED) is 0.604. The van der Waals surface area contributed by atoms with Crippen LogP contribution in [-0.4, -0.2) is 32.9 Å². The van der Waals surface area contributed by atoms with Crippen LogP contribution >= 0.6 is 0 Å². The third kappa shape index (κ3) is 6.03. The van der Waals surface area contributed by atoms with E-state index in [1.807, 2.05) is 20.8 Å². The number of nitrogens with one attached hydrogen (secondary N) is 2. The van der Waals surface area contributed by atoms with Crippen molar-refractivity contribution in [2.24, 2.45) is 11.1 Å². The van der Waals surface area contributed by atoms with Gasteiger partial charge in [0, 0.05) is 5.69 Å². The first-order valence-corrected chi connectivity index (χ1v) is 10.6. The fourth-order valence-electron chi connectivity index (χ4n) is 2.64. The molecule has 1 atom stereocenters. The minimum absolute atomic E-state index is 0.0586. The van der Waals surface area contributed by atoms with Gasteiger partial charge in [0.15, 0.2) is 0 Å². The zero-order valence-corrected chi connectivity index (χ0v) is 17.3. The first-order chi connectivity index (χ1) is 13.6. The summed E-state index contributed by atoms with van der Waals surface area (Å²) in [6.07, 6.45) is 0. The van der Waals surface area contributed by atoms with Gasteiger partial charge in [0.25, 0.3) is 5.91 Å². The number of sulfonamides is 1. The molecule has 2 amide bonds. The second-order valence-electron chi connectivity index (χ2n) is 6.68.